The highest BCUT2D eigenvalue weighted by Gasteiger charge is 2.29. The van der Waals surface area contributed by atoms with Crippen molar-refractivity contribution in [3.63, 3.8) is 0 Å². The lowest BCUT2D eigenvalue weighted by Gasteiger charge is -2.36. The smallest absolute Gasteiger partial charge is 0.290 e. The second-order valence-electron chi connectivity index (χ2n) is 11.5. The minimum absolute atomic E-state index is 0.0289. The first-order chi connectivity index (χ1) is 22.4. The Morgan fingerprint density at radius 2 is 1.47 bits per heavy atom. The second-order valence-corrected chi connectivity index (χ2v) is 11.5. The van der Waals surface area contributed by atoms with Gasteiger partial charge in [-0.15, -0.1) is 0 Å². The SMILES string of the molecule is CN(C)c1ccc(N2CCN(C(=O)C(=O)CC(=O)c3cc(Cc4c(F)ccc(F)c4F)cn(Cc4ccccc4F)c3=O)CC2)cc1. The number of hydrogen-bond acceptors (Lipinski definition) is 6. The number of carbonyl (C=O) groups excluding carboxylic acids is 3. The van der Waals surface area contributed by atoms with Gasteiger partial charge in [0, 0.05) is 75.4 Å². The fraction of sp³-hybridized carbons (Fsp3) is 0.257. The lowest BCUT2D eigenvalue weighted by Crippen LogP contribution is -2.51. The number of nitrogens with zero attached hydrogens (tertiary/aromatic N) is 4. The standard InChI is InChI=1S/C35H32F4N4O4/c1-40(2)24-7-9-25(10-8-24)41-13-15-42(16-14-41)35(47)32(45)19-31(44)27-18-22(17-26-29(37)11-12-30(38)33(26)39)20-43(34(27)46)21-23-5-3-4-6-28(23)36/h3-12,18,20H,13-17,19,21H2,1-2H3. The molecular formula is C35H32F4N4O4. The first-order valence-electron chi connectivity index (χ1n) is 14.9. The largest absolute Gasteiger partial charge is 0.378 e. The maximum Gasteiger partial charge on any atom is 0.290 e. The quantitative estimate of drug-likeness (QED) is 0.0823. The van der Waals surface area contributed by atoms with Crippen LogP contribution in [0.1, 0.15) is 33.5 Å². The first-order valence-corrected chi connectivity index (χ1v) is 14.9. The van der Waals surface area contributed by atoms with E-state index in [1.165, 1.54) is 29.3 Å². The molecule has 1 aromatic heterocycles. The Morgan fingerprint density at radius 1 is 0.809 bits per heavy atom. The van der Waals surface area contributed by atoms with E-state index in [9.17, 15) is 36.7 Å². The molecule has 0 unspecified atom stereocenters. The summed E-state index contributed by atoms with van der Waals surface area (Å²) in [7, 11) is 3.88. The molecule has 2 heterocycles. The Labute approximate surface area is 268 Å². The zero-order valence-electron chi connectivity index (χ0n) is 25.8. The van der Waals surface area contributed by atoms with Gasteiger partial charge in [-0.05, 0) is 54.1 Å². The van der Waals surface area contributed by atoms with Gasteiger partial charge in [0.15, 0.2) is 17.4 Å². The zero-order valence-corrected chi connectivity index (χ0v) is 25.8. The third-order valence-corrected chi connectivity index (χ3v) is 8.12. The summed E-state index contributed by atoms with van der Waals surface area (Å²) in [5.74, 6) is -7.28. The third kappa shape index (κ3) is 7.43. The Balaban J connectivity index is 1.34. The third-order valence-electron chi connectivity index (χ3n) is 8.12. The van der Waals surface area contributed by atoms with Gasteiger partial charge in [-0.1, -0.05) is 18.2 Å². The highest BCUT2D eigenvalue weighted by atomic mass is 19.2. The predicted molar refractivity (Wildman–Crippen MR) is 169 cm³/mol. The van der Waals surface area contributed by atoms with Crippen LogP contribution in [0.4, 0.5) is 28.9 Å². The van der Waals surface area contributed by atoms with E-state index in [1.54, 1.807) is 6.07 Å². The number of Topliss-reactive ketones (excluding diaryl/α,β-unsaturated/α-hetero) is 2. The molecule has 0 radical (unpaired) electrons. The number of benzene rings is 3. The molecule has 0 saturated carbocycles. The van der Waals surface area contributed by atoms with Crippen molar-refractivity contribution in [1.82, 2.24) is 9.47 Å². The van der Waals surface area contributed by atoms with E-state index in [1.807, 2.05) is 43.3 Å². The number of aromatic nitrogens is 1. The van der Waals surface area contributed by atoms with Crippen molar-refractivity contribution in [1.29, 1.82) is 0 Å². The molecule has 12 heteroatoms. The minimum Gasteiger partial charge on any atom is -0.378 e. The molecule has 5 rings (SSSR count). The number of ketones is 2. The fourth-order valence-corrected chi connectivity index (χ4v) is 5.48. The van der Waals surface area contributed by atoms with Crippen LogP contribution < -0.4 is 15.4 Å². The van der Waals surface area contributed by atoms with Gasteiger partial charge in [-0.2, -0.15) is 0 Å². The van der Waals surface area contributed by atoms with Crippen molar-refractivity contribution in [2.45, 2.75) is 19.4 Å². The molecule has 4 aromatic rings. The number of anilines is 2. The summed E-state index contributed by atoms with van der Waals surface area (Å²) in [6.07, 6.45) is -0.287. The number of piperazine rings is 1. The molecule has 0 aliphatic carbocycles. The van der Waals surface area contributed by atoms with Gasteiger partial charge in [0.1, 0.15) is 11.6 Å². The van der Waals surface area contributed by atoms with Gasteiger partial charge in [-0.25, -0.2) is 17.6 Å². The lowest BCUT2D eigenvalue weighted by molar-refractivity contribution is -0.144. The van der Waals surface area contributed by atoms with Crippen molar-refractivity contribution < 1.29 is 31.9 Å². The molecule has 0 bridgehead atoms. The number of carbonyl (C=O) groups is 3. The second kappa shape index (κ2) is 14.0. The summed E-state index contributed by atoms with van der Waals surface area (Å²) in [4.78, 5) is 58.2. The summed E-state index contributed by atoms with van der Waals surface area (Å²) >= 11 is 0. The number of pyridine rings is 1. The maximum atomic E-state index is 14.5. The van der Waals surface area contributed by atoms with Crippen LogP contribution in [0.2, 0.25) is 0 Å². The van der Waals surface area contributed by atoms with Crippen LogP contribution >= 0.6 is 0 Å². The molecule has 1 aliphatic rings. The molecule has 0 spiro atoms. The van der Waals surface area contributed by atoms with Crippen LogP contribution in [-0.2, 0) is 22.6 Å². The molecule has 0 N–H and O–H groups in total. The van der Waals surface area contributed by atoms with Crippen molar-refractivity contribution in [2.75, 3.05) is 50.1 Å². The van der Waals surface area contributed by atoms with Crippen LogP contribution in [0.5, 0.6) is 0 Å². The average Bonchev–Trinajstić information content (AvgIpc) is 3.06. The number of rotatable bonds is 10. The summed E-state index contributed by atoms with van der Waals surface area (Å²) < 4.78 is 58.3. The molecule has 47 heavy (non-hydrogen) atoms. The Hall–Kier alpha value is -5.26. The van der Waals surface area contributed by atoms with Crippen LogP contribution in [-0.4, -0.2) is 67.2 Å². The van der Waals surface area contributed by atoms with E-state index in [2.05, 4.69) is 4.90 Å². The van der Waals surface area contributed by atoms with E-state index in [4.69, 9.17) is 0 Å². The van der Waals surface area contributed by atoms with Crippen LogP contribution in [0.3, 0.4) is 0 Å². The molecule has 0 atom stereocenters. The molecule has 1 aliphatic heterocycles. The normalized spacial score (nSPS) is 13.1. The highest BCUT2D eigenvalue weighted by Crippen LogP contribution is 2.22. The van der Waals surface area contributed by atoms with Crippen LogP contribution in [0.25, 0.3) is 0 Å². The molecule has 3 aromatic carbocycles. The zero-order chi connectivity index (χ0) is 33.8. The fourth-order valence-electron chi connectivity index (χ4n) is 5.48. The van der Waals surface area contributed by atoms with Gasteiger partial charge in [0.05, 0.1) is 18.5 Å². The van der Waals surface area contributed by atoms with Crippen molar-refractivity contribution >= 4 is 28.8 Å². The molecule has 1 fully saturated rings. The molecule has 1 saturated heterocycles. The van der Waals surface area contributed by atoms with E-state index in [-0.39, 0.29) is 30.8 Å². The molecule has 244 valence electrons. The van der Waals surface area contributed by atoms with E-state index in [0.717, 1.165) is 28.1 Å². The van der Waals surface area contributed by atoms with Crippen LogP contribution in [0, 0.1) is 23.3 Å². The van der Waals surface area contributed by atoms with Crippen molar-refractivity contribution in [3.8, 4) is 0 Å². The van der Waals surface area contributed by atoms with Gasteiger partial charge >= 0.3 is 0 Å². The molecule has 8 nitrogen and oxygen atoms in total. The summed E-state index contributed by atoms with van der Waals surface area (Å²) in [6.45, 7) is 1.06. The predicted octanol–water partition coefficient (Wildman–Crippen LogP) is 4.60. The number of halogens is 4. The first kappa shape index (κ1) is 33.1. The van der Waals surface area contributed by atoms with Crippen molar-refractivity contribution in [3.05, 3.63) is 129 Å². The number of hydrogen-bond donors (Lipinski definition) is 0. The van der Waals surface area contributed by atoms with Gasteiger partial charge in [-0.3, -0.25) is 19.2 Å². The lowest BCUT2D eigenvalue weighted by atomic mass is 10.00. The van der Waals surface area contributed by atoms with E-state index >= 15 is 0 Å². The van der Waals surface area contributed by atoms with Crippen LogP contribution in [0.15, 0.2) is 77.7 Å². The molecular weight excluding hydrogens is 616 g/mol. The summed E-state index contributed by atoms with van der Waals surface area (Å²) in [6, 6.07) is 15.9. The average molecular weight is 649 g/mol. The highest BCUT2D eigenvalue weighted by molar-refractivity contribution is 6.40. The monoisotopic (exact) mass is 648 g/mol. The topological polar surface area (TPSA) is 82.9 Å². The van der Waals surface area contributed by atoms with E-state index in [0.29, 0.717) is 19.2 Å². The van der Waals surface area contributed by atoms with Gasteiger partial charge in [0.25, 0.3) is 11.5 Å². The Kier molecular flexibility index (Phi) is 9.88. The number of amides is 1. The Morgan fingerprint density at radius 3 is 2.13 bits per heavy atom. The Bertz CT molecular complexity index is 1880. The minimum atomic E-state index is -1.43. The van der Waals surface area contributed by atoms with E-state index < -0.39 is 70.3 Å². The molecule has 1 amide bonds. The summed E-state index contributed by atoms with van der Waals surface area (Å²) in [5.41, 5.74) is 0.0657. The van der Waals surface area contributed by atoms with Crippen molar-refractivity contribution in [2.24, 2.45) is 0 Å². The van der Waals surface area contributed by atoms with Gasteiger partial charge < -0.3 is 19.3 Å². The summed E-state index contributed by atoms with van der Waals surface area (Å²) in [5, 5.41) is 0. The maximum absolute atomic E-state index is 14.5. The van der Waals surface area contributed by atoms with Gasteiger partial charge in [0.2, 0.25) is 5.78 Å².